The van der Waals surface area contributed by atoms with Gasteiger partial charge in [0.1, 0.15) is 0 Å². The van der Waals surface area contributed by atoms with E-state index < -0.39 is 0 Å². The predicted molar refractivity (Wildman–Crippen MR) is 95.9 cm³/mol. The average molecular weight is 340 g/mol. The zero-order valence-electron chi connectivity index (χ0n) is 14.4. The van der Waals surface area contributed by atoms with Crippen molar-refractivity contribution in [2.45, 2.75) is 44.8 Å². The van der Waals surface area contributed by atoms with Crippen LogP contribution >= 0.6 is 0 Å². The van der Waals surface area contributed by atoms with E-state index in [2.05, 4.69) is 15.7 Å². The predicted octanol–water partition coefficient (Wildman–Crippen LogP) is 3.26. The quantitative estimate of drug-likeness (QED) is 0.898. The van der Waals surface area contributed by atoms with Crippen LogP contribution in [0.2, 0.25) is 0 Å². The number of carbonyl (C=O) groups is 1. The molecule has 1 saturated heterocycles. The number of urea groups is 1. The van der Waals surface area contributed by atoms with Gasteiger partial charge in [-0.05, 0) is 62.8 Å². The van der Waals surface area contributed by atoms with Crippen molar-refractivity contribution >= 4 is 11.7 Å². The number of rotatable bonds is 4. The Morgan fingerprint density at radius 2 is 2.16 bits per heavy atom. The number of nitrogens with one attached hydrogen (secondary N) is 2. The normalized spacial score (nSPS) is 23.2. The fourth-order valence-electron chi connectivity index (χ4n) is 3.46. The van der Waals surface area contributed by atoms with E-state index in [1.54, 1.807) is 6.20 Å². The number of carbonyl (C=O) groups excluding carboxylic acids is 1. The number of nitrogens with zero attached hydrogens (tertiary/aromatic N) is 2. The smallest absolute Gasteiger partial charge is 0.319 e. The SMILES string of the molecule is Cc1ccnn1-c1cccc(NC(=O)N[C@@H]2CCO[C@H](C3CC3)C2)c1. The molecule has 0 spiro atoms. The van der Waals surface area contributed by atoms with Gasteiger partial charge >= 0.3 is 6.03 Å². The molecule has 4 rings (SSSR count). The van der Waals surface area contributed by atoms with Crippen LogP contribution in [0.1, 0.15) is 31.4 Å². The van der Waals surface area contributed by atoms with E-state index in [1.807, 2.05) is 41.9 Å². The number of aromatic nitrogens is 2. The first-order chi connectivity index (χ1) is 12.2. The van der Waals surface area contributed by atoms with E-state index in [-0.39, 0.29) is 12.1 Å². The highest BCUT2D eigenvalue weighted by atomic mass is 16.5. The lowest BCUT2D eigenvalue weighted by atomic mass is 10.0. The van der Waals surface area contributed by atoms with E-state index in [0.29, 0.717) is 12.0 Å². The standard InChI is InChI=1S/C19H24N4O2/c1-13-7-9-20-23(13)17-4-2-3-15(11-17)21-19(24)22-16-8-10-25-18(12-16)14-5-6-14/h2-4,7,9,11,14,16,18H,5-6,8,10,12H2,1H3,(H2,21,22,24)/t16-,18+/m1/s1. The minimum atomic E-state index is -0.157. The lowest BCUT2D eigenvalue weighted by Gasteiger charge is -2.30. The van der Waals surface area contributed by atoms with Gasteiger partial charge in [-0.2, -0.15) is 5.10 Å². The van der Waals surface area contributed by atoms with Crippen molar-refractivity contribution in [2.24, 2.45) is 5.92 Å². The molecular formula is C19H24N4O2. The number of amides is 2. The molecule has 2 atom stereocenters. The Kier molecular flexibility index (Phi) is 4.44. The maximum Gasteiger partial charge on any atom is 0.319 e. The molecule has 2 amide bonds. The fourth-order valence-corrected chi connectivity index (χ4v) is 3.46. The molecule has 6 heteroatoms. The topological polar surface area (TPSA) is 68.2 Å². The van der Waals surface area contributed by atoms with Crippen LogP contribution in [-0.4, -0.2) is 34.6 Å². The van der Waals surface area contributed by atoms with Crippen molar-refractivity contribution in [2.75, 3.05) is 11.9 Å². The van der Waals surface area contributed by atoms with E-state index >= 15 is 0 Å². The summed E-state index contributed by atoms with van der Waals surface area (Å²) >= 11 is 0. The largest absolute Gasteiger partial charge is 0.378 e. The van der Waals surface area contributed by atoms with Gasteiger partial charge in [-0.15, -0.1) is 0 Å². The minimum Gasteiger partial charge on any atom is -0.378 e. The van der Waals surface area contributed by atoms with Crippen molar-refractivity contribution in [3.63, 3.8) is 0 Å². The van der Waals surface area contributed by atoms with Crippen molar-refractivity contribution in [1.82, 2.24) is 15.1 Å². The third-order valence-corrected chi connectivity index (χ3v) is 4.98. The van der Waals surface area contributed by atoms with E-state index in [0.717, 1.165) is 36.5 Å². The Hall–Kier alpha value is -2.34. The van der Waals surface area contributed by atoms with Crippen molar-refractivity contribution in [3.8, 4) is 5.69 Å². The molecule has 132 valence electrons. The summed E-state index contributed by atoms with van der Waals surface area (Å²) in [4.78, 5) is 12.4. The Morgan fingerprint density at radius 3 is 2.92 bits per heavy atom. The Labute approximate surface area is 147 Å². The second-order valence-corrected chi connectivity index (χ2v) is 7.00. The second-order valence-electron chi connectivity index (χ2n) is 7.00. The zero-order valence-corrected chi connectivity index (χ0v) is 14.4. The van der Waals surface area contributed by atoms with Gasteiger partial charge in [0.25, 0.3) is 0 Å². The molecule has 2 aliphatic rings. The average Bonchev–Trinajstić information content (AvgIpc) is 3.37. The molecule has 1 aliphatic heterocycles. The lowest BCUT2D eigenvalue weighted by molar-refractivity contribution is -0.00889. The Morgan fingerprint density at radius 1 is 1.28 bits per heavy atom. The molecule has 0 bridgehead atoms. The van der Waals surface area contributed by atoms with Gasteiger partial charge in [-0.25, -0.2) is 9.48 Å². The summed E-state index contributed by atoms with van der Waals surface area (Å²) in [6, 6.07) is 9.70. The molecule has 2 heterocycles. The van der Waals surface area contributed by atoms with Gasteiger partial charge in [0.15, 0.2) is 0 Å². The summed E-state index contributed by atoms with van der Waals surface area (Å²) in [5, 5.41) is 10.3. The molecule has 6 nitrogen and oxygen atoms in total. The molecule has 2 aromatic rings. The van der Waals surface area contributed by atoms with Crippen LogP contribution in [0, 0.1) is 12.8 Å². The van der Waals surface area contributed by atoms with Crippen LogP contribution in [0.5, 0.6) is 0 Å². The van der Waals surface area contributed by atoms with Gasteiger partial charge in [-0.1, -0.05) is 6.07 Å². The van der Waals surface area contributed by atoms with Crippen LogP contribution in [0.25, 0.3) is 5.69 Å². The van der Waals surface area contributed by atoms with Gasteiger partial charge < -0.3 is 15.4 Å². The Balaban J connectivity index is 1.37. The third kappa shape index (κ3) is 3.85. The molecule has 1 aromatic carbocycles. The Bertz CT molecular complexity index is 753. The van der Waals surface area contributed by atoms with Crippen molar-refractivity contribution < 1.29 is 9.53 Å². The number of ether oxygens (including phenoxy) is 1. The molecule has 0 unspecified atom stereocenters. The molecular weight excluding hydrogens is 316 g/mol. The first-order valence-electron chi connectivity index (χ1n) is 8.99. The molecule has 1 saturated carbocycles. The van der Waals surface area contributed by atoms with Crippen LogP contribution in [-0.2, 0) is 4.74 Å². The first-order valence-corrected chi connectivity index (χ1v) is 8.99. The van der Waals surface area contributed by atoms with Gasteiger partial charge in [0.2, 0.25) is 0 Å². The molecule has 1 aliphatic carbocycles. The molecule has 2 fully saturated rings. The summed E-state index contributed by atoms with van der Waals surface area (Å²) in [5.41, 5.74) is 2.74. The number of hydrogen-bond acceptors (Lipinski definition) is 3. The molecule has 2 N–H and O–H groups in total. The summed E-state index contributed by atoms with van der Waals surface area (Å²) in [5.74, 6) is 0.710. The maximum atomic E-state index is 12.4. The molecule has 0 radical (unpaired) electrons. The summed E-state index contributed by atoms with van der Waals surface area (Å²) in [7, 11) is 0. The zero-order chi connectivity index (χ0) is 17.2. The maximum absolute atomic E-state index is 12.4. The van der Waals surface area contributed by atoms with Crippen molar-refractivity contribution in [3.05, 3.63) is 42.2 Å². The van der Waals surface area contributed by atoms with Crippen LogP contribution in [0.3, 0.4) is 0 Å². The van der Waals surface area contributed by atoms with Crippen LogP contribution in [0.15, 0.2) is 36.5 Å². The second kappa shape index (κ2) is 6.88. The summed E-state index contributed by atoms with van der Waals surface area (Å²) < 4.78 is 7.67. The van der Waals surface area contributed by atoms with Crippen LogP contribution in [0.4, 0.5) is 10.5 Å². The van der Waals surface area contributed by atoms with E-state index in [4.69, 9.17) is 4.74 Å². The lowest BCUT2D eigenvalue weighted by Crippen LogP contribution is -2.44. The fraction of sp³-hybridized carbons (Fsp3) is 0.474. The van der Waals surface area contributed by atoms with Crippen LogP contribution < -0.4 is 10.6 Å². The van der Waals surface area contributed by atoms with Gasteiger partial charge in [0, 0.05) is 30.2 Å². The highest BCUT2D eigenvalue weighted by molar-refractivity contribution is 5.89. The highest BCUT2D eigenvalue weighted by Crippen LogP contribution is 2.38. The highest BCUT2D eigenvalue weighted by Gasteiger charge is 2.36. The number of hydrogen-bond donors (Lipinski definition) is 2. The number of benzene rings is 1. The summed E-state index contributed by atoms with van der Waals surface area (Å²) in [6.07, 6.45) is 6.43. The summed E-state index contributed by atoms with van der Waals surface area (Å²) in [6.45, 7) is 2.74. The van der Waals surface area contributed by atoms with E-state index in [1.165, 1.54) is 12.8 Å². The van der Waals surface area contributed by atoms with Gasteiger partial charge in [-0.3, -0.25) is 0 Å². The van der Waals surface area contributed by atoms with Gasteiger partial charge in [0.05, 0.1) is 11.8 Å². The monoisotopic (exact) mass is 340 g/mol. The first kappa shape index (κ1) is 16.1. The van der Waals surface area contributed by atoms with E-state index in [9.17, 15) is 4.79 Å². The molecule has 25 heavy (non-hydrogen) atoms. The molecule has 1 aromatic heterocycles. The number of aryl methyl sites for hydroxylation is 1. The number of anilines is 1. The third-order valence-electron chi connectivity index (χ3n) is 4.98. The minimum absolute atomic E-state index is 0.157. The van der Waals surface area contributed by atoms with Crippen molar-refractivity contribution in [1.29, 1.82) is 0 Å².